The number of amides is 1. The lowest BCUT2D eigenvalue weighted by Crippen LogP contribution is -2.31. The predicted molar refractivity (Wildman–Crippen MR) is 106 cm³/mol. The van der Waals surface area contributed by atoms with E-state index in [2.05, 4.69) is 0 Å². The van der Waals surface area contributed by atoms with Crippen LogP contribution in [0.25, 0.3) is 6.08 Å². The minimum atomic E-state index is -0.224. The molecule has 0 saturated heterocycles. The molecule has 0 N–H and O–H groups in total. The third-order valence-electron chi connectivity index (χ3n) is 5.42. The maximum atomic E-state index is 13.3. The number of hydrazone groups is 1. The van der Waals surface area contributed by atoms with Gasteiger partial charge in [0.2, 0.25) is 0 Å². The largest absolute Gasteiger partial charge is 0.467 e. The minimum absolute atomic E-state index is 0.110. The maximum absolute atomic E-state index is 13.3. The van der Waals surface area contributed by atoms with Gasteiger partial charge in [0.15, 0.2) is 0 Å². The third-order valence-corrected chi connectivity index (χ3v) is 5.42. The van der Waals surface area contributed by atoms with Crippen LogP contribution in [0, 0.1) is 5.92 Å². The Hall–Kier alpha value is -3.34. The summed E-state index contributed by atoms with van der Waals surface area (Å²) in [5.74, 6) is 1.59. The van der Waals surface area contributed by atoms with Crippen molar-refractivity contribution in [2.24, 2.45) is 11.0 Å². The zero-order chi connectivity index (χ0) is 18.9. The number of furan rings is 2. The van der Waals surface area contributed by atoms with Crippen LogP contribution in [0.2, 0.25) is 0 Å². The van der Waals surface area contributed by atoms with E-state index in [4.69, 9.17) is 13.9 Å². The van der Waals surface area contributed by atoms with E-state index < -0.39 is 0 Å². The Labute approximate surface area is 163 Å². The average molecular weight is 372 g/mol. The summed E-state index contributed by atoms with van der Waals surface area (Å²) in [5, 5.41) is 6.42. The Kier molecular flexibility index (Phi) is 4.20. The Morgan fingerprint density at radius 3 is 2.61 bits per heavy atom. The SMILES string of the molecule is O=C(c1ccccc1)N1N=C2/C(=C/c3ccco3)CCC[C@@H]2[C@@H]1c1ccco1. The molecule has 5 rings (SSSR count). The fourth-order valence-corrected chi connectivity index (χ4v) is 4.16. The molecule has 2 atom stereocenters. The molecule has 3 aromatic rings. The molecule has 0 unspecified atom stereocenters. The van der Waals surface area contributed by atoms with Gasteiger partial charge in [-0.2, -0.15) is 5.10 Å². The molecule has 1 saturated carbocycles. The van der Waals surface area contributed by atoms with Crippen LogP contribution in [0.1, 0.15) is 47.2 Å². The van der Waals surface area contributed by atoms with E-state index in [0.29, 0.717) is 5.56 Å². The molecule has 5 heteroatoms. The van der Waals surface area contributed by atoms with Crippen LogP contribution in [0.4, 0.5) is 0 Å². The monoisotopic (exact) mass is 372 g/mol. The summed E-state index contributed by atoms with van der Waals surface area (Å²) in [7, 11) is 0. The topological polar surface area (TPSA) is 59.0 Å². The number of nitrogens with zero attached hydrogens (tertiary/aromatic N) is 2. The molecule has 1 amide bonds. The zero-order valence-electron chi connectivity index (χ0n) is 15.3. The van der Waals surface area contributed by atoms with Crippen molar-refractivity contribution in [2.45, 2.75) is 25.3 Å². The highest BCUT2D eigenvalue weighted by atomic mass is 16.3. The Morgan fingerprint density at radius 1 is 1.04 bits per heavy atom. The van der Waals surface area contributed by atoms with Crippen LogP contribution in [-0.2, 0) is 0 Å². The van der Waals surface area contributed by atoms with Gasteiger partial charge in [-0.25, -0.2) is 5.01 Å². The van der Waals surface area contributed by atoms with Gasteiger partial charge in [-0.1, -0.05) is 18.2 Å². The van der Waals surface area contributed by atoms with Crippen LogP contribution in [-0.4, -0.2) is 16.6 Å². The van der Waals surface area contributed by atoms with Gasteiger partial charge in [0, 0.05) is 11.5 Å². The van der Waals surface area contributed by atoms with Gasteiger partial charge in [0.1, 0.15) is 17.6 Å². The molecule has 1 fully saturated rings. The van der Waals surface area contributed by atoms with Crippen molar-refractivity contribution in [1.82, 2.24) is 5.01 Å². The summed E-state index contributed by atoms with van der Waals surface area (Å²) in [6, 6.07) is 16.7. The number of carbonyl (C=O) groups excluding carboxylic acids is 1. The molecular formula is C23H20N2O3. The average Bonchev–Trinajstić information content (AvgIpc) is 3.48. The lowest BCUT2D eigenvalue weighted by Gasteiger charge is -2.27. The first-order chi connectivity index (χ1) is 13.8. The van der Waals surface area contributed by atoms with Crippen molar-refractivity contribution in [1.29, 1.82) is 0 Å². The lowest BCUT2D eigenvalue weighted by molar-refractivity contribution is 0.0656. The number of fused-ring (bicyclic) bond motifs is 1. The van der Waals surface area contributed by atoms with E-state index in [0.717, 1.165) is 42.1 Å². The highest BCUT2D eigenvalue weighted by Gasteiger charge is 2.45. The normalized spacial score (nSPS) is 22.9. The van der Waals surface area contributed by atoms with Crippen molar-refractivity contribution >= 4 is 17.7 Å². The third kappa shape index (κ3) is 2.89. The Bertz CT molecular complexity index is 1020. The molecule has 5 nitrogen and oxygen atoms in total. The fraction of sp³-hybridized carbons (Fsp3) is 0.217. The van der Waals surface area contributed by atoms with Crippen LogP contribution >= 0.6 is 0 Å². The second kappa shape index (κ2) is 7.00. The zero-order valence-corrected chi connectivity index (χ0v) is 15.3. The molecule has 2 aliphatic rings. The minimum Gasteiger partial charge on any atom is -0.467 e. The van der Waals surface area contributed by atoms with E-state index in [1.807, 2.05) is 60.7 Å². The van der Waals surface area contributed by atoms with Crippen LogP contribution < -0.4 is 0 Å². The number of rotatable bonds is 3. The summed E-state index contributed by atoms with van der Waals surface area (Å²) in [6.07, 6.45) is 8.30. The number of carbonyl (C=O) groups is 1. The highest BCUT2D eigenvalue weighted by molar-refractivity contribution is 6.09. The number of hydrogen-bond acceptors (Lipinski definition) is 4. The number of hydrogen-bond donors (Lipinski definition) is 0. The summed E-state index contributed by atoms with van der Waals surface area (Å²) >= 11 is 0. The van der Waals surface area contributed by atoms with E-state index in [1.54, 1.807) is 17.5 Å². The second-order valence-corrected chi connectivity index (χ2v) is 7.14. The molecule has 1 aromatic carbocycles. The standard InChI is InChI=1S/C23H20N2O3/c26-23(16-7-2-1-3-8-16)25-22(20-12-6-14-28-20)19-11-4-9-17(21(19)24-25)15-18-10-5-13-27-18/h1-3,5-8,10,12-15,19,22H,4,9,11H2/b17-15+/t19-,22+/m0/s1. The van der Waals surface area contributed by atoms with Crippen molar-refractivity contribution in [3.8, 4) is 0 Å². The molecule has 0 bridgehead atoms. The van der Waals surface area contributed by atoms with Gasteiger partial charge in [0.05, 0.1) is 18.2 Å². The molecule has 3 heterocycles. The fourth-order valence-electron chi connectivity index (χ4n) is 4.16. The molecule has 0 spiro atoms. The highest BCUT2D eigenvalue weighted by Crippen LogP contribution is 2.45. The van der Waals surface area contributed by atoms with E-state index >= 15 is 0 Å². The Morgan fingerprint density at radius 2 is 1.86 bits per heavy atom. The first kappa shape index (κ1) is 16.8. The van der Waals surface area contributed by atoms with Gasteiger partial charge < -0.3 is 8.83 Å². The number of allylic oxidation sites excluding steroid dienone is 1. The van der Waals surface area contributed by atoms with Crippen molar-refractivity contribution < 1.29 is 13.6 Å². The van der Waals surface area contributed by atoms with Crippen molar-refractivity contribution in [2.75, 3.05) is 0 Å². The molecular weight excluding hydrogens is 352 g/mol. The first-order valence-electron chi connectivity index (χ1n) is 9.56. The summed E-state index contributed by atoms with van der Waals surface area (Å²) in [6.45, 7) is 0. The molecule has 0 radical (unpaired) electrons. The van der Waals surface area contributed by atoms with E-state index in [9.17, 15) is 4.79 Å². The van der Waals surface area contributed by atoms with Gasteiger partial charge in [-0.3, -0.25) is 4.79 Å². The molecule has 28 heavy (non-hydrogen) atoms. The predicted octanol–water partition coefficient (Wildman–Crippen LogP) is 5.31. The summed E-state index contributed by atoms with van der Waals surface area (Å²) in [4.78, 5) is 13.3. The van der Waals surface area contributed by atoms with Gasteiger partial charge in [-0.05, 0) is 67.3 Å². The van der Waals surface area contributed by atoms with E-state index in [-0.39, 0.29) is 17.9 Å². The quantitative estimate of drug-likeness (QED) is 0.626. The molecule has 1 aliphatic heterocycles. The summed E-state index contributed by atoms with van der Waals surface area (Å²) in [5.41, 5.74) is 2.72. The van der Waals surface area contributed by atoms with Crippen LogP contribution in [0.15, 0.2) is 86.6 Å². The molecule has 2 aromatic heterocycles. The lowest BCUT2D eigenvalue weighted by atomic mass is 9.79. The van der Waals surface area contributed by atoms with Gasteiger partial charge >= 0.3 is 0 Å². The smallest absolute Gasteiger partial charge is 0.274 e. The van der Waals surface area contributed by atoms with Crippen molar-refractivity contribution in [3.63, 3.8) is 0 Å². The summed E-state index contributed by atoms with van der Waals surface area (Å²) < 4.78 is 11.2. The molecule has 140 valence electrons. The van der Waals surface area contributed by atoms with Crippen LogP contribution in [0.5, 0.6) is 0 Å². The Balaban J connectivity index is 1.57. The first-order valence-corrected chi connectivity index (χ1v) is 9.56. The maximum Gasteiger partial charge on any atom is 0.274 e. The molecule has 1 aliphatic carbocycles. The van der Waals surface area contributed by atoms with Gasteiger partial charge in [0.25, 0.3) is 5.91 Å². The van der Waals surface area contributed by atoms with E-state index in [1.165, 1.54) is 0 Å². The second-order valence-electron chi connectivity index (χ2n) is 7.14. The van der Waals surface area contributed by atoms with Crippen molar-refractivity contribution in [3.05, 3.63) is 89.8 Å². The van der Waals surface area contributed by atoms with Crippen LogP contribution in [0.3, 0.4) is 0 Å². The number of benzene rings is 1. The van der Waals surface area contributed by atoms with Gasteiger partial charge in [-0.15, -0.1) is 0 Å².